The van der Waals surface area contributed by atoms with Crippen LogP contribution in [-0.2, 0) is 4.79 Å². The molecule has 0 saturated heterocycles. The van der Waals surface area contributed by atoms with Gasteiger partial charge in [-0.2, -0.15) is 0 Å². The Bertz CT molecular complexity index is 441. The van der Waals surface area contributed by atoms with Gasteiger partial charge < -0.3 is 10.6 Å². The van der Waals surface area contributed by atoms with Gasteiger partial charge in [0.05, 0.1) is 0 Å². The Morgan fingerprint density at radius 3 is 2.57 bits per heavy atom. The number of hydrogen-bond donors (Lipinski definition) is 2. The van der Waals surface area contributed by atoms with Crippen LogP contribution in [0.5, 0.6) is 0 Å². The first-order valence-electron chi connectivity index (χ1n) is 9.21. The van der Waals surface area contributed by atoms with Gasteiger partial charge in [0.2, 0.25) is 5.91 Å². The van der Waals surface area contributed by atoms with E-state index in [4.69, 9.17) is 0 Å². The predicted octanol–water partition coefficient (Wildman–Crippen LogP) is 4.00. The van der Waals surface area contributed by atoms with Crippen LogP contribution < -0.4 is 10.6 Å². The van der Waals surface area contributed by atoms with Crippen LogP contribution in [0.4, 0.5) is 5.69 Å². The molecule has 0 aromatic carbocycles. The number of aromatic nitrogens is 1. The molecule has 4 nitrogen and oxygen atoms in total. The second-order valence-electron chi connectivity index (χ2n) is 6.71. The van der Waals surface area contributed by atoms with Crippen molar-refractivity contribution in [3.05, 3.63) is 24.5 Å². The normalized spacial score (nSPS) is 21.1. The minimum absolute atomic E-state index is 0.169. The van der Waals surface area contributed by atoms with Crippen molar-refractivity contribution in [3.8, 4) is 0 Å². The average Bonchev–Trinajstić information content (AvgIpc) is 2.59. The molecule has 1 heterocycles. The van der Waals surface area contributed by atoms with E-state index in [-0.39, 0.29) is 11.8 Å². The minimum atomic E-state index is 0.169. The maximum absolute atomic E-state index is 12.3. The van der Waals surface area contributed by atoms with E-state index in [0.717, 1.165) is 50.4 Å². The molecule has 1 aromatic heterocycles. The van der Waals surface area contributed by atoms with Crippen molar-refractivity contribution in [2.24, 2.45) is 11.8 Å². The molecular formula is C19H31N3O. The summed E-state index contributed by atoms with van der Waals surface area (Å²) in [5, 5.41) is 6.59. The molecular weight excluding hydrogens is 286 g/mol. The van der Waals surface area contributed by atoms with E-state index in [1.54, 1.807) is 12.4 Å². The van der Waals surface area contributed by atoms with Gasteiger partial charge in [0.15, 0.2) is 0 Å². The third-order valence-electron chi connectivity index (χ3n) is 4.81. The van der Waals surface area contributed by atoms with E-state index in [1.807, 2.05) is 12.1 Å². The quantitative estimate of drug-likeness (QED) is 0.677. The highest BCUT2D eigenvalue weighted by Crippen LogP contribution is 2.29. The molecule has 1 aliphatic rings. The van der Waals surface area contributed by atoms with Gasteiger partial charge in [0, 0.05) is 24.0 Å². The lowest BCUT2D eigenvalue weighted by atomic mass is 9.81. The molecule has 4 heteroatoms. The summed E-state index contributed by atoms with van der Waals surface area (Å²) in [6, 6.07) is 3.68. The van der Waals surface area contributed by atoms with Gasteiger partial charge in [-0.25, -0.2) is 0 Å². The van der Waals surface area contributed by atoms with Crippen LogP contribution in [-0.4, -0.2) is 24.0 Å². The van der Waals surface area contributed by atoms with Gasteiger partial charge in [-0.1, -0.05) is 26.2 Å². The SMILES string of the molecule is CCCCCCNC[C@H]1CC[C@H](C(=O)Nc2ccncc2)CC1. The molecule has 1 saturated carbocycles. The van der Waals surface area contributed by atoms with Gasteiger partial charge in [0.25, 0.3) is 0 Å². The lowest BCUT2D eigenvalue weighted by Gasteiger charge is -2.28. The maximum Gasteiger partial charge on any atom is 0.227 e. The van der Waals surface area contributed by atoms with E-state index in [1.165, 1.54) is 25.7 Å². The van der Waals surface area contributed by atoms with Gasteiger partial charge in [-0.15, -0.1) is 0 Å². The fraction of sp³-hybridized carbons (Fsp3) is 0.684. The molecule has 0 spiro atoms. The first-order chi connectivity index (χ1) is 11.3. The number of amides is 1. The molecule has 23 heavy (non-hydrogen) atoms. The first-order valence-corrected chi connectivity index (χ1v) is 9.21. The molecule has 128 valence electrons. The average molecular weight is 317 g/mol. The Kier molecular flexibility index (Phi) is 8.08. The van der Waals surface area contributed by atoms with E-state index in [9.17, 15) is 4.79 Å². The second-order valence-corrected chi connectivity index (χ2v) is 6.71. The fourth-order valence-electron chi connectivity index (χ4n) is 3.29. The van der Waals surface area contributed by atoms with Crippen LogP contribution in [0.1, 0.15) is 58.3 Å². The predicted molar refractivity (Wildman–Crippen MR) is 95.3 cm³/mol. The maximum atomic E-state index is 12.3. The fourth-order valence-corrected chi connectivity index (χ4v) is 3.29. The number of hydrogen-bond acceptors (Lipinski definition) is 3. The molecule has 0 radical (unpaired) electrons. The van der Waals surface area contributed by atoms with Gasteiger partial charge in [-0.3, -0.25) is 9.78 Å². The summed E-state index contributed by atoms with van der Waals surface area (Å²) in [4.78, 5) is 16.3. The van der Waals surface area contributed by atoms with Crippen molar-refractivity contribution in [2.45, 2.75) is 58.3 Å². The standard InChI is InChI=1S/C19H31N3O/c1-2-3-4-5-12-21-15-16-6-8-17(9-7-16)19(23)22-18-10-13-20-14-11-18/h10-11,13-14,16-17,21H,2-9,12,15H2,1H3,(H,20,22,23)/t16-,17-. The first kappa shape index (κ1) is 17.9. The zero-order valence-corrected chi connectivity index (χ0v) is 14.4. The molecule has 2 N–H and O–H groups in total. The summed E-state index contributed by atoms with van der Waals surface area (Å²) in [5.74, 6) is 1.08. The lowest BCUT2D eigenvalue weighted by molar-refractivity contribution is -0.121. The topological polar surface area (TPSA) is 54.0 Å². The van der Waals surface area contributed by atoms with Crippen LogP contribution in [0.25, 0.3) is 0 Å². The Balaban J connectivity index is 1.59. The van der Waals surface area contributed by atoms with Crippen LogP contribution in [0.2, 0.25) is 0 Å². The van der Waals surface area contributed by atoms with Gasteiger partial charge >= 0.3 is 0 Å². The highest BCUT2D eigenvalue weighted by Gasteiger charge is 2.26. The second kappa shape index (κ2) is 10.4. The zero-order chi connectivity index (χ0) is 16.3. The number of anilines is 1. The van der Waals surface area contributed by atoms with E-state index in [2.05, 4.69) is 22.5 Å². The van der Waals surface area contributed by atoms with Gasteiger partial charge in [-0.05, 0) is 63.2 Å². The Morgan fingerprint density at radius 1 is 1.13 bits per heavy atom. The number of rotatable bonds is 9. The number of unbranched alkanes of at least 4 members (excludes halogenated alkanes) is 3. The van der Waals surface area contributed by atoms with E-state index >= 15 is 0 Å². The summed E-state index contributed by atoms with van der Waals surface area (Å²) < 4.78 is 0. The molecule has 0 bridgehead atoms. The molecule has 0 atom stereocenters. The summed E-state index contributed by atoms with van der Waals surface area (Å²) in [5.41, 5.74) is 0.848. The molecule has 0 aliphatic heterocycles. The highest BCUT2D eigenvalue weighted by atomic mass is 16.1. The zero-order valence-electron chi connectivity index (χ0n) is 14.4. The van der Waals surface area contributed by atoms with Crippen molar-refractivity contribution in [1.29, 1.82) is 0 Å². The van der Waals surface area contributed by atoms with Crippen LogP contribution in [0.15, 0.2) is 24.5 Å². The van der Waals surface area contributed by atoms with Crippen LogP contribution >= 0.6 is 0 Å². The Morgan fingerprint density at radius 2 is 1.87 bits per heavy atom. The van der Waals surface area contributed by atoms with Crippen LogP contribution in [0.3, 0.4) is 0 Å². The third-order valence-corrected chi connectivity index (χ3v) is 4.81. The van der Waals surface area contributed by atoms with Crippen molar-refractivity contribution in [1.82, 2.24) is 10.3 Å². The summed E-state index contributed by atoms with van der Waals surface area (Å²) >= 11 is 0. The summed E-state index contributed by atoms with van der Waals surface area (Å²) in [6.07, 6.45) is 13.0. The van der Waals surface area contributed by atoms with Crippen LogP contribution in [0, 0.1) is 11.8 Å². The number of nitrogens with one attached hydrogen (secondary N) is 2. The lowest BCUT2D eigenvalue weighted by Crippen LogP contribution is -2.31. The number of carbonyl (C=O) groups excluding carboxylic acids is 1. The number of carbonyl (C=O) groups is 1. The molecule has 1 aromatic rings. The smallest absolute Gasteiger partial charge is 0.227 e. The van der Waals surface area contributed by atoms with Crippen molar-refractivity contribution in [2.75, 3.05) is 18.4 Å². The molecule has 0 unspecified atom stereocenters. The number of nitrogens with zero attached hydrogens (tertiary/aromatic N) is 1. The summed E-state index contributed by atoms with van der Waals surface area (Å²) in [6.45, 7) is 4.50. The minimum Gasteiger partial charge on any atom is -0.326 e. The van der Waals surface area contributed by atoms with E-state index < -0.39 is 0 Å². The largest absolute Gasteiger partial charge is 0.326 e. The number of pyridine rings is 1. The summed E-state index contributed by atoms with van der Waals surface area (Å²) in [7, 11) is 0. The Hall–Kier alpha value is -1.42. The third kappa shape index (κ3) is 6.69. The molecule has 1 aliphatic carbocycles. The monoisotopic (exact) mass is 317 g/mol. The van der Waals surface area contributed by atoms with E-state index in [0.29, 0.717) is 0 Å². The molecule has 1 fully saturated rings. The highest BCUT2D eigenvalue weighted by molar-refractivity contribution is 5.92. The van der Waals surface area contributed by atoms with Crippen molar-refractivity contribution >= 4 is 11.6 Å². The van der Waals surface area contributed by atoms with Crippen molar-refractivity contribution in [3.63, 3.8) is 0 Å². The molecule has 2 rings (SSSR count). The Labute approximate surface area is 140 Å². The molecule has 1 amide bonds. The van der Waals surface area contributed by atoms with Gasteiger partial charge in [0.1, 0.15) is 0 Å². The van der Waals surface area contributed by atoms with Crippen molar-refractivity contribution < 1.29 is 4.79 Å².